The van der Waals surface area contributed by atoms with Gasteiger partial charge in [-0.05, 0) is 45.4 Å². The van der Waals surface area contributed by atoms with E-state index in [1.165, 1.54) is 5.56 Å². The van der Waals surface area contributed by atoms with Gasteiger partial charge in [0.2, 0.25) is 0 Å². The molecule has 0 aromatic heterocycles. The lowest BCUT2D eigenvalue weighted by Gasteiger charge is -2.60. The van der Waals surface area contributed by atoms with Crippen LogP contribution in [0.3, 0.4) is 0 Å². The van der Waals surface area contributed by atoms with Crippen LogP contribution in [0.5, 0.6) is 0 Å². The molecule has 0 radical (unpaired) electrons. The minimum Gasteiger partial charge on any atom is -0.298 e. The van der Waals surface area contributed by atoms with Gasteiger partial charge in [0, 0.05) is 0 Å². The third kappa shape index (κ3) is 2.07. The molecule has 1 unspecified atom stereocenters. The first kappa shape index (κ1) is 16.7. The van der Waals surface area contributed by atoms with Crippen LogP contribution in [0.1, 0.15) is 38.6 Å². The number of Topliss-reactive ketones (excluding diaryl/α,β-unsaturated/α-hetero) is 1. The highest BCUT2D eigenvalue weighted by atomic mass is 32.2. The highest BCUT2D eigenvalue weighted by Crippen LogP contribution is 2.72. The van der Waals surface area contributed by atoms with E-state index >= 15 is 0 Å². The first-order valence-electron chi connectivity index (χ1n) is 8.62. The van der Waals surface area contributed by atoms with Gasteiger partial charge in [-0.1, -0.05) is 60.3 Å². The molecule has 0 bridgehead atoms. The van der Waals surface area contributed by atoms with Crippen LogP contribution >= 0.6 is 11.8 Å². The molecule has 4 rings (SSSR count). The lowest BCUT2D eigenvalue weighted by Crippen LogP contribution is -2.72. The molecule has 25 heavy (non-hydrogen) atoms. The number of carbonyl (C=O) groups excluding carboxylic acids is 1. The Morgan fingerprint density at radius 1 is 0.880 bits per heavy atom. The summed E-state index contributed by atoms with van der Waals surface area (Å²) in [5.41, 5.74) is 1.13. The quantitative estimate of drug-likeness (QED) is 0.742. The monoisotopic (exact) mass is 353 g/mol. The summed E-state index contributed by atoms with van der Waals surface area (Å²) in [6.07, 6.45) is 0. The number of ketones is 1. The molecule has 1 atom stereocenters. The first-order valence-corrected chi connectivity index (χ1v) is 9.50. The van der Waals surface area contributed by atoms with E-state index in [9.17, 15) is 4.79 Å². The first-order chi connectivity index (χ1) is 11.8. The Balaban J connectivity index is 1.82. The zero-order valence-electron chi connectivity index (χ0n) is 15.0. The lowest BCUT2D eigenvalue weighted by molar-refractivity contribution is -0.204. The van der Waals surface area contributed by atoms with Gasteiger partial charge in [-0.2, -0.15) is 0 Å². The molecule has 1 heterocycles. The Labute approximate surface area is 153 Å². The number of carbonyl (C=O) groups is 1. The average Bonchev–Trinajstić information content (AvgIpc) is 3.06. The fourth-order valence-corrected chi connectivity index (χ4v) is 6.08. The maximum Gasteiger partial charge on any atom is 0.168 e. The fourth-order valence-electron chi connectivity index (χ4n) is 4.32. The second-order valence-electron chi connectivity index (χ2n) is 7.83. The van der Waals surface area contributed by atoms with Crippen molar-refractivity contribution in [3.05, 3.63) is 66.2 Å². The van der Waals surface area contributed by atoms with Crippen molar-refractivity contribution in [3.63, 3.8) is 0 Å². The molecule has 4 heteroatoms. The van der Waals surface area contributed by atoms with Crippen molar-refractivity contribution in [2.24, 2.45) is 10.8 Å². The summed E-state index contributed by atoms with van der Waals surface area (Å²) < 4.78 is 0. The Morgan fingerprint density at radius 3 is 1.96 bits per heavy atom. The number of benzene rings is 2. The van der Waals surface area contributed by atoms with Gasteiger partial charge in [0.25, 0.3) is 0 Å². The number of anilines is 1. The summed E-state index contributed by atoms with van der Waals surface area (Å²) >= 11 is 1.76. The van der Waals surface area contributed by atoms with Gasteiger partial charge in [-0.15, -0.1) is 0 Å². The lowest BCUT2D eigenvalue weighted by atomic mass is 9.51. The summed E-state index contributed by atoms with van der Waals surface area (Å²) in [5, 5.41) is 1.99. The molecule has 3 nitrogen and oxygen atoms in total. The minimum absolute atomic E-state index is 0.00949. The van der Waals surface area contributed by atoms with Crippen molar-refractivity contribution in [2.45, 2.75) is 38.0 Å². The van der Waals surface area contributed by atoms with Gasteiger partial charge in [-0.25, -0.2) is 5.06 Å². The normalized spacial score (nSPS) is 25.8. The molecule has 0 N–H and O–H groups in total. The maximum absolute atomic E-state index is 12.7. The number of hydrogen-bond donors (Lipinski definition) is 0. The minimum atomic E-state index is -0.576. The van der Waals surface area contributed by atoms with E-state index in [1.54, 1.807) is 11.8 Å². The number of hydroxylamine groups is 1. The smallest absolute Gasteiger partial charge is 0.168 e. The van der Waals surface area contributed by atoms with E-state index in [0.717, 1.165) is 5.69 Å². The van der Waals surface area contributed by atoms with Crippen molar-refractivity contribution < 1.29 is 9.63 Å². The zero-order chi connectivity index (χ0) is 17.9. The van der Waals surface area contributed by atoms with Crippen molar-refractivity contribution in [1.82, 2.24) is 0 Å². The summed E-state index contributed by atoms with van der Waals surface area (Å²) in [6.45, 7) is 8.02. The predicted octanol–water partition coefficient (Wildman–Crippen LogP) is 5.20. The van der Waals surface area contributed by atoms with Crippen LogP contribution in [0.2, 0.25) is 0 Å². The van der Waals surface area contributed by atoms with Gasteiger partial charge < -0.3 is 0 Å². The molecule has 2 aliphatic rings. The van der Waals surface area contributed by atoms with Crippen molar-refractivity contribution >= 4 is 23.2 Å². The number of thioether (sulfide) groups is 1. The highest BCUT2D eigenvalue weighted by molar-refractivity contribution is 8.01. The van der Waals surface area contributed by atoms with Crippen LogP contribution < -0.4 is 5.06 Å². The van der Waals surface area contributed by atoms with E-state index in [-0.39, 0.29) is 11.2 Å². The number of rotatable bonds is 2. The molecule has 1 saturated carbocycles. The fraction of sp³-hybridized carbons (Fsp3) is 0.381. The van der Waals surface area contributed by atoms with E-state index in [1.807, 2.05) is 69.2 Å². The molecule has 1 saturated heterocycles. The molecule has 2 aromatic carbocycles. The van der Waals surface area contributed by atoms with Gasteiger partial charge in [0.05, 0.1) is 16.5 Å². The third-order valence-corrected chi connectivity index (χ3v) is 7.71. The SMILES string of the molecule is CC1(C)C(=O)C(C)(C)C12ON(c1ccccc1)C(c1ccccc1)S2. The van der Waals surface area contributed by atoms with E-state index in [4.69, 9.17) is 4.84 Å². The second-order valence-corrected chi connectivity index (χ2v) is 9.09. The van der Waals surface area contributed by atoms with Crippen molar-refractivity contribution in [1.29, 1.82) is 0 Å². The van der Waals surface area contributed by atoms with Crippen LogP contribution in [0.25, 0.3) is 0 Å². The Hall–Kier alpha value is -1.78. The number of para-hydroxylation sites is 1. The standard InChI is InChI=1S/C21H23NO2S/c1-19(2)18(23)20(3,4)21(19)24-22(16-13-9-6-10-14-16)17(25-21)15-11-7-5-8-12-15/h5-14,17H,1-4H3. The van der Waals surface area contributed by atoms with E-state index < -0.39 is 15.8 Å². The molecular formula is C21H23NO2S. The van der Waals surface area contributed by atoms with Crippen molar-refractivity contribution in [2.75, 3.05) is 5.06 Å². The number of hydrogen-bond acceptors (Lipinski definition) is 4. The topological polar surface area (TPSA) is 29.5 Å². The van der Waals surface area contributed by atoms with Gasteiger partial charge in [0.1, 0.15) is 5.37 Å². The molecule has 1 spiro atoms. The molecule has 1 aliphatic heterocycles. The van der Waals surface area contributed by atoms with Gasteiger partial charge >= 0.3 is 0 Å². The summed E-state index contributed by atoms with van der Waals surface area (Å²) in [6, 6.07) is 20.5. The van der Waals surface area contributed by atoms with E-state index in [2.05, 4.69) is 24.3 Å². The number of nitrogens with zero attached hydrogens (tertiary/aromatic N) is 1. The molecule has 0 amide bonds. The average molecular weight is 353 g/mol. The van der Waals surface area contributed by atoms with Gasteiger partial charge in [0.15, 0.2) is 10.7 Å². The molecule has 130 valence electrons. The Morgan fingerprint density at radius 2 is 1.40 bits per heavy atom. The predicted molar refractivity (Wildman–Crippen MR) is 102 cm³/mol. The van der Waals surface area contributed by atoms with Crippen molar-refractivity contribution in [3.8, 4) is 0 Å². The summed E-state index contributed by atoms with van der Waals surface area (Å²) in [4.78, 5) is 18.8. The van der Waals surface area contributed by atoms with Gasteiger partial charge in [-0.3, -0.25) is 9.63 Å². The second kappa shape index (κ2) is 5.36. The molecule has 1 aliphatic carbocycles. The van der Waals surface area contributed by atoms with Crippen LogP contribution in [0.15, 0.2) is 60.7 Å². The summed E-state index contributed by atoms with van der Waals surface area (Å²) in [5.74, 6) is 0.259. The molecule has 2 aromatic rings. The third-order valence-electron chi connectivity index (χ3n) is 5.59. The Bertz CT molecular complexity index is 734. The summed E-state index contributed by atoms with van der Waals surface area (Å²) in [7, 11) is 0. The largest absolute Gasteiger partial charge is 0.298 e. The van der Waals surface area contributed by atoms with Crippen LogP contribution in [0.4, 0.5) is 5.69 Å². The Kier molecular flexibility index (Phi) is 3.57. The van der Waals surface area contributed by atoms with Crippen LogP contribution in [0, 0.1) is 10.8 Å². The molecule has 2 fully saturated rings. The zero-order valence-corrected chi connectivity index (χ0v) is 15.8. The van der Waals surface area contributed by atoms with Crippen LogP contribution in [-0.4, -0.2) is 10.7 Å². The molecular weight excluding hydrogens is 330 g/mol. The maximum atomic E-state index is 12.7. The highest BCUT2D eigenvalue weighted by Gasteiger charge is 2.78. The van der Waals surface area contributed by atoms with E-state index in [0.29, 0.717) is 0 Å². The van der Waals surface area contributed by atoms with Crippen LogP contribution in [-0.2, 0) is 9.63 Å².